The third kappa shape index (κ3) is 3.76. The van der Waals surface area contributed by atoms with Gasteiger partial charge in [0.15, 0.2) is 5.75 Å². The van der Waals surface area contributed by atoms with Crippen LogP contribution in [0.15, 0.2) is 23.3 Å². The van der Waals surface area contributed by atoms with Gasteiger partial charge in [-0.1, -0.05) is 6.92 Å². The number of phenols is 1. The summed E-state index contributed by atoms with van der Waals surface area (Å²) in [5.74, 6) is 0.0375. The highest BCUT2D eigenvalue weighted by Gasteiger charge is 2.11. The van der Waals surface area contributed by atoms with Gasteiger partial charge < -0.3 is 5.11 Å². The monoisotopic (exact) mass is 437 g/mol. The minimum Gasteiger partial charge on any atom is -0.505 e. The number of nitrogens with one attached hydrogen (secondary N) is 1. The Bertz CT molecular complexity index is 848. The van der Waals surface area contributed by atoms with Crippen LogP contribution in [0.25, 0.3) is 10.9 Å². The van der Waals surface area contributed by atoms with Crippen LogP contribution in [-0.2, 0) is 16.6 Å². The number of aromatic hydroxyl groups is 1. The highest BCUT2D eigenvalue weighted by Crippen LogP contribution is 2.25. The van der Waals surface area contributed by atoms with Gasteiger partial charge in [0, 0.05) is 13.1 Å². The van der Waals surface area contributed by atoms with E-state index >= 15 is 0 Å². The molecule has 0 fully saturated rings. The second-order valence-corrected chi connectivity index (χ2v) is 7.84. The fourth-order valence-electron chi connectivity index (χ4n) is 2.01. The zero-order valence-corrected chi connectivity index (χ0v) is 14.9. The molecule has 0 atom stereocenters. The van der Waals surface area contributed by atoms with Gasteiger partial charge in [-0.3, -0.25) is 9.36 Å². The lowest BCUT2D eigenvalue weighted by atomic mass is 10.2. The second-order valence-electron chi connectivity index (χ2n) is 4.75. The van der Waals surface area contributed by atoms with Crippen LogP contribution in [0, 0.1) is 3.57 Å². The number of hydrogen-bond donors (Lipinski definition) is 2. The maximum atomic E-state index is 12.3. The van der Waals surface area contributed by atoms with Crippen LogP contribution in [0.5, 0.6) is 5.75 Å². The molecule has 7 nitrogen and oxygen atoms in total. The molecule has 0 unspecified atom stereocenters. The van der Waals surface area contributed by atoms with E-state index in [1.807, 2.05) is 22.6 Å². The summed E-state index contributed by atoms with van der Waals surface area (Å²) in [6.07, 6.45) is 1.85. The highest BCUT2D eigenvalue weighted by atomic mass is 127. The van der Waals surface area contributed by atoms with Crippen LogP contribution < -0.4 is 10.3 Å². The summed E-state index contributed by atoms with van der Waals surface area (Å²) in [4.78, 5) is 16.4. The molecule has 0 spiro atoms. The lowest BCUT2D eigenvalue weighted by Gasteiger charge is -2.09. The Kier molecular flexibility index (Phi) is 5.40. The molecule has 1 aromatic heterocycles. The van der Waals surface area contributed by atoms with Crippen molar-refractivity contribution in [3.05, 3.63) is 32.4 Å². The molecule has 0 saturated carbocycles. The molecule has 1 aromatic carbocycles. The number of rotatable bonds is 6. The Labute approximate surface area is 141 Å². The van der Waals surface area contributed by atoms with Gasteiger partial charge in [0.2, 0.25) is 10.0 Å². The number of halogens is 1. The van der Waals surface area contributed by atoms with Crippen molar-refractivity contribution >= 4 is 43.5 Å². The summed E-state index contributed by atoms with van der Waals surface area (Å²) in [7, 11) is -3.30. The maximum absolute atomic E-state index is 12.3. The molecule has 9 heteroatoms. The normalized spacial score (nSPS) is 11.9. The first-order valence-electron chi connectivity index (χ1n) is 6.69. The second kappa shape index (κ2) is 6.92. The van der Waals surface area contributed by atoms with E-state index in [9.17, 15) is 18.3 Å². The molecule has 22 heavy (non-hydrogen) atoms. The highest BCUT2D eigenvalue weighted by molar-refractivity contribution is 14.1. The molecule has 2 aromatic rings. The topological polar surface area (TPSA) is 101 Å². The molecule has 0 aliphatic rings. The molecular weight excluding hydrogens is 421 g/mol. The van der Waals surface area contributed by atoms with Crippen LogP contribution in [-0.4, -0.2) is 35.4 Å². The van der Waals surface area contributed by atoms with Crippen molar-refractivity contribution in [2.24, 2.45) is 0 Å². The summed E-state index contributed by atoms with van der Waals surface area (Å²) in [5, 5.41) is 10.2. The summed E-state index contributed by atoms with van der Waals surface area (Å²) in [6.45, 7) is 2.08. The molecule has 2 N–H and O–H groups in total. The molecule has 2 rings (SSSR count). The third-order valence-electron chi connectivity index (χ3n) is 3.07. The Hall–Kier alpha value is -1.20. The first kappa shape index (κ1) is 17.2. The van der Waals surface area contributed by atoms with Crippen molar-refractivity contribution in [3.63, 3.8) is 0 Å². The SMILES string of the molecule is CCCS(=O)(=O)NCCn1cnc2c(O)c(I)ccc2c1=O. The maximum Gasteiger partial charge on any atom is 0.261 e. The third-order valence-corrected chi connectivity index (χ3v) is 5.53. The summed E-state index contributed by atoms with van der Waals surface area (Å²) < 4.78 is 27.5. The molecule has 0 radical (unpaired) electrons. The van der Waals surface area contributed by atoms with Gasteiger partial charge in [0.1, 0.15) is 5.52 Å². The van der Waals surface area contributed by atoms with Gasteiger partial charge in [-0.25, -0.2) is 18.1 Å². The van der Waals surface area contributed by atoms with Gasteiger partial charge in [-0.2, -0.15) is 0 Å². The zero-order valence-electron chi connectivity index (χ0n) is 11.9. The van der Waals surface area contributed by atoms with Gasteiger partial charge in [0.05, 0.1) is 21.0 Å². The predicted molar refractivity (Wildman–Crippen MR) is 92.5 cm³/mol. The van der Waals surface area contributed by atoms with E-state index in [0.717, 1.165) is 0 Å². The van der Waals surface area contributed by atoms with Crippen LogP contribution in [0.4, 0.5) is 0 Å². The van der Waals surface area contributed by atoms with E-state index in [-0.39, 0.29) is 35.7 Å². The smallest absolute Gasteiger partial charge is 0.261 e. The summed E-state index contributed by atoms with van der Waals surface area (Å²) >= 11 is 1.96. The van der Waals surface area contributed by atoms with Gasteiger partial charge in [-0.05, 0) is 41.1 Å². The molecule has 0 bridgehead atoms. The van der Waals surface area contributed by atoms with E-state index < -0.39 is 10.0 Å². The molecule has 120 valence electrons. The van der Waals surface area contributed by atoms with E-state index in [0.29, 0.717) is 15.4 Å². The van der Waals surface area contributed by atoms with Crippen LogP contribution in [0.1, 0.15) is 13.3 Å². The van der Waals surface area contributed by atoms with Crippen molar-refractivity contribution < 1.29 is 13.5 Å². The lowest BCUT2D eigenvalue weighted by molar-refractivity contribution is 0.476. The van der Waals surface area contributed by atoms with Crippen molar-refractivity contribution in [1.82, 2.24) is 14.3 Å². The number of sulfonamides is 1. The Morgan fingerprint density at radius 1 is 1.41 bits per heavy atom. The first-order valence-corrected chi connectivity index (χ1v) is 9.43. The number of fused-ring (bicyclic) bond motifs is 1. The van der Waals surface area contributed by atoms with E-state index in [1.165, 1.54) is 10.9 Å². The number of aromatic nitrogens is 2. The fraction of sp³-hybridized carbons (Fsp3) is 0.385. The first-order chi connectivity index (χ1) is 10.4. The zero-order chi connectivity index (χ0) is 16.3. The Morgan fingerprint density at radius 3 is 2.82 bits per heavy atom. The summed E-state index contributed by atoms with van der Waals surface area (Å²) in [5.41, 5.74) is -0.0638. The number of nitrogens with zero attached hydrogens (tertiary/aromatic N) is 2. The minimum absolute atomic E-state index is 0.0222. The van der Waals surface area contributed by atoms with E-state index in [1.54, 1.807) is 19.1 Å². The molecule has 1 heterocycles. The van der Waals surface area contributed by atoms with Crippen LogP contribution in [0.3, 0.4) is 0 Å². The van der Waals surface area contributed by atoms with E-state index in [2.05, 4.69) is 9.71 Å². The molecule has 0 saturated heterocycles. The lowest BCUT2D eigenvalue weighted by Crippen LogP contribution is -2.32. The quantitative estimate of drug-likeness (QED) is 0.658. The summed E-state index contributed by atoms with van der Waals surface area (Å²) in [6, 6.07) is 3.24. The van der Waals surface area contributed by atoms with Crippen LogP contribution in [0.2, 0.25) is 0 Å². The van der Waals surface area contributed by atoms with E-state index in [4.69, 9.17) is 0 Å². The van der Waals surface area contributed by atoms with Gasteiger partial charge in [0.25, 0.3) is 5.56 Å². The molecule has 0 aliphatic carbocycles. The average molecular weight is 437 g/mol. The van der Waals surface area contributed by atoms with Crippen molar-refractivity contribution in [1.29, 1.82) is 0 Å². The molecule has 0 amide bonds. The van der Waals surface area contributed by atoms with Crippen LogP contribution >= 0.6 is 22.6 Å². The standard InChI is InChI=1S/C13H16IN3O4S/c1-2-7-22(20,21)16-5-6-17-8-15-11-9(13(17)19)3-4-10(14)12(11)18/h3-4,8,16,18H,2,5-7H2,1H3. The van der Waals surface area contributed by atoms with Crippen molar-refractivity contribution in [2.45, 2.75) is 19.9 Å². The minimum atomic E-state index is -3.30. The van der Waals surface area contributed by atoms with Gasteiger partial charge >= 0.3 is 0 Å². The number of hydrogen-bond acceptors (Lipinski definition) is 5. The van der Waals surface area contributed by atoms with Crippen molar-refractivity contribution in [2.75, 3.05) is 12.3 Å². The number of benzene rings is 1. The molecular formula is C13H16IN3O4S. The predicted octanol–water partition coefficient (Wildman–Crippen LogP) is 1.04. The van der Waals surface area contributed by atoms with Gasteiger partial charge in [-0.15, -0.1) is 0 Å². The number of phenolic OH excluding ortho intramolecular Hbond substituents is 1. The average Bonchev–Trinajstić information content (AvgIpc) is 2.45. The Balaban J connectivity index is 2.22. The Morgan fingerprint density at radius 2 is 2.14 bits per heavy atom. The van der Waals surface area contributed by atoms with Crippen molar-refractivity contribution in [3.8, 4) is 5.75 Å². The fourth-order valence-corrected chi connectivity index (χ4v) is 3.53. The molecule has 0 aliphatic heterocycles. The largest absolute Gasteiger partial charge is 0.505 e.